The molecule has 108 valence electrons. The third-order valence-electron chi connectivity index (χ3n) is 3.23. The smallest absolute Gasteiger partial charge is 0.148 e. The number of terminal acetylenes is 1. The summed E-state index contributed by atoms with van der Waals surface area (Å²) in [4.78, 5) is 0. The molecule has 0 bridgehead atoms. The number of nitrogens with one attached hydrogen (secondary N) is 1. The van der Waals surface area contributed by atoms with Crippen LogP contribution in [-0.4, -0.2) is 6.61 Å². The minimum absolute atomic E-state index is 0.199. The summed E-state index contributed by atoms with van der Waals surface area (Å²) in [6, 6.07) is 16.0. The van der Waals surface area contributed by atoms with Crippen molar-refractivity contribution < 1.29 is 4.74 Å². The Morgan fingerprint density at radius 1 is 1.24 bits per heavy atom. The molecule has 21 heavy (non-hydrogen) atoms. The zero-order valence-corrected chi connectivity index (χ0v) is 12.7. The van der Waals surface area contributed by atoms with Crippen LogP contribution in [0.5, 0.6) is 5.75 Å². The standard InChI is InChI=1S/C18H18ClNO/c1-3-11-21-18-10-5-4-7-16(18)13-20-14(2)15-8-6-9-17(19)12-15/h1,4-10,12,14,20H,11,13H2,2H3/t14-/m1/s1. The average molecular weight is 300 g/mol. The first-order valence-electron chi connectivity index (χ1n) is 6.83. The first kappa shape index (κ1) is 15.4. The Kier molecular flexibility index (Phi) is 5.68. The number of rotatable bonds is 6. The fourth-order valence-electron chi connectivity index (χ4n) is 2.07. The van der Waals surface area contributed by atoms with Crippen molar-refractivity contribution in [3.8, 4) is 18.1 Å². The van der Waals surface area contributed by atoms with Gasteiger partial charge in [0, 0.05) is 23.2 Å². The number of halogens is 1. The number of para-hydroxylation sites is 1. The van der Waals surface area contributed by atoms with Gasteiger partial charge in [0.1, 0.15) is 12.4 Å². The molecule has 0 fully saturated rings. The summed E-state index contributed by atoms with van der Waals surface area (Å²) < 4.78 is 5.55. The van der Waals surface area contributed by atoms with Gasteiger partial charge in [-0.2, -0.15) is 0 Å². The van der Waals surface area contributed by atoms with Crippen LogP contribution in [0.1, 0.15) is 24.1 Å². The van der Waals surface area contributed by atoms with Crippen LogP contribution in [0, 0.1) is 12.3 Å². The maximum atomic E-state index is 6.02. The molecule has 2 nitrogen and oxygen atoms in total. The molecule has 0 saturated carbocycles. The third kappa shape index (κ3) is 4.53. The summed E-state index contributed by atoms with van der Waals surface area (Å²) in [6.07, 6.45) is 5.24. The second-order valence-electron chi connectivity index (χ2n) is 4.76. The summed E-state index contributed by atoms with van der Waals surface area (Å²) in [5.74, 6) is 3.30. The molecule has 2 rings (SSSR count). The molecule has 0 aliphatic heterocycles. The van der Waals surface area contributed by atoms with E-state index in [2.05, 4.69) is 24.2 Å². The van der Waals surface area contributed by atoms with Gasteiger partial charge in [-0.05, 0) is 30.7 Å². The Labute approximate surface area is 131 Å². The van der Waals surface area contributed by atoms with Crippen LogP contribution < -0.4 is 10.1 Å². The van der Waals surface area contributed by atoms with E-state index in [-0.39, 0.29) is 12.6 Å². The molecular formula is C18H18ClNO. The lowest BCUT2D eigenvalue weighted by atomic mass is 10.1. The fraction of sp³-hybridized carbons (Fsp3) is 0.222. The van der Waals surface area contributed by atoms with E-state index in [1.54, 1.807) is 0 Å². The maximum Gasteiger partial charge on any atom is 0.148 e. The molecule has 2 aromatic rings. The molecule has 3 heteroatoms. The first-order chi connectivity index (χ1) is 10.2. The Morgan fingerprint density at radius 3 is 2.81 bits per heavy atom. The molecule has 1 atom stereocenters. The molecule has 0 radical (unpaired) electrons. The van der Waals surface area contributed by atoms with Crippen LogP contribution in [0.3, 0.4) is 0 Å². The van der Waals surface area contributed by atoms with Crippen LogP contribution in [0.15, 0.2) is 48.5 Å². The first-order valence-corrected chi connectivity index (χ1v) is 7.21. The van der Waals surface area contributed by atoms with Gasteiger partial charge in [0.2, 0.25) is 0 Å². The second kappa shape index (κ2) is 7.73. The lowest BCUT2D eigenvalue weighted by Gasteiger charge is -2.16. The van der Waals surface area contributed by atoms with E-state index in [4.69, 9.17) is 22.8 Å². The van der Waals surface area contributed by atoms with Gasteiger partial charge in [-0.1, -0.05) is 47.9 Å². The summed E-state index contributed by atoms with van der Waals surface area (Å²) in [5, 5.41) is 4.22. The molecule has 0 amide bonds. The predicted octanol–water partition coefficient (Wildman–Crippen LogP) is 4.20. The normalized spacial score (nSPS) is 11.7. The predicted molar refractivity (Wildman–Crippen MR) is 87.5 cm³/mol. The molecule has 0 aromatic heterocycles. The minimum atomic E-state index is 0.199. The topological polar surface area (TPSA) is 21.3 Å². The molecule has 0 heterocycles. The van der Waals surface area contributed by atoms with Crippen molar-refractivity contribution in [3.05, 3.63) is 64.7 Å². The van der Waals surface area contributed by atoms with E-state index in [0.717, 1.165) is 21.9 Å². The lowest BCUT2D eigenvalue weighted by Crippen LogP contribution is -2.18. The highest BCUT2D eigenvalue weighted by Crippen LogP contribution is 2.21. The van der Waals surface area contributed by atoms with Crippen LogP contribution in [0.25, 0.3) is 0 Å². The van der Waals surface area contributed by atoms with E-state index >= 15 is 0 Å². The van der Waals surface area contributed by atoms with Crippen LogP contribution in [-0.2, 0) is 6.54 Å². The third-order valence-corrected chi connectivity index (χ3v) is 3.47. The van der Waals surface area contributed by atoms with Gasteiger partial charge < -0.3 is 10.1 Å². The Hall–Kier alpha value is -1.95. The highest BCUT2D eigenvalue weighted by atomic mass is 35.5. The van der Waals surface area contributed by atoms with Crippen molar-refractivity contribution in [2.45, 2.75) is 19.5 Å². The molecular weight excluding hydrogens is 282 g/mol. The van der Waals surface area contributed by atoms with Crippen LogP contribution >= 0.6 is 11.6 Å². The SMILES string of the molecule is C#CCOc1ccccc1CN[C@H](C)c1cccc(Cl)c1. The molecule has 2 aromatic carbocycles. The highest BCUT2D eigenvalue weighted by Gasteiger charge is 2.07. The van der Waals surface area contributed by atoms with E-state index in [1.165, 1.54) is 0 Å². The van der Waals surface area contributed by atoms with Crippen molar-refractivity contribution in [1.82, 2.24) is 5.32 Å². The zero-order chi connectivity index (χ0) is 15.1. The molecule has 1 N–H and O–H groups in total. The molecule has 0 aliphatic carbocycles. The van der Waals surface area contributed by atoms with Gasteiger partial charge in [0.25, 0.3) is 0 Å². The fourth-order valence-corrected chi connectivity index (χ4v) is 2.27. The van der Waals surface area contributed by atoms with Gasteiger partial charge in [0.05, 0.1) is 0 Å². The van der Waals surface area contributed by atoms with Crippen LogP contribution in [0.4, 0.5) is 0 Å². The van der Waals surface area contributed by atoms with E-state index in [1.807, 2.05) is 42.5 Å². The average Bonchev–Trinajstić information content (AvgIpc) is 2.51. The maximum absolute atomic E-state index is 6.02. The summed E-state index contributed by atoms with van der Waals surface area (Å²) in [5.41, 5.74) is 2.24. The molecule has 0 spiro atoms. The van der Waals surface area contributed by atoms with Crippen molar-refractivity contribution in [1.29, 1.82) is 0 Å². The quantitative estimate of drug-likeness (QED) is 0.807. The largest absolute Gasteiger partial charge is 0.481 e. The van der Waals surface area contributed by atoms with E-state index in [0.29, 0.717) is 6.54 Å². The monoisotopic (exact) mass is 299 g/mol. The minimum Gasteiger partial charge on any atom is -0.481 e. The summed E-state index contributed by atoms with van der Waals surface area (Å²) in [7, 11) is 0. The zero-order valence-electron chi connectivity index (χ0n) is 12.0. The highest BCUT2D eigenvalue weighted by molar-refractivity contribution is 6.30. The lowest BCUT2D eigenvalue weighted by molar-refractivity contribution is 0.364. The summed E-state index contributed by atoms with van der Waals surface area (Å²) >= 11 is 6.02. The van der Waals surface area contributed by atoms with Crippen molar-refractivity contribution >= 4 is 11.6 Å². The van der Waals surface area contributed by atoms with Gasteiger partial charge in [0.15, 0.2) is 0 Å². The molecule has 0 unspecified atom stereocenters. The number of hydrogen-bond acceptors (Lipinski definition) is 2. The Balaban J connectivity index is 2.01. The number of ether oxygens (including phenoxy) is 1. The molecule has 0 saturated heterocycles. The van der Waals surface area contributed by atoms with Gasteiger partial charge in [-0.25, -0.2) is 0 Å². The van der Waals surface area contributed by atoms with E-state index < -0.39 is 0 Å². The van der Waals surface area contributed by atoms with Crippen molar-refractivity contribution in [3.63, 3.8) is 0 Å². The number of benzene rings is 2. The van der Waals surface area contributed by atoms with Gasteiger partial charge >= 0.3 is 0 Å². The second-order valence-corrected chi connectivity index (χ2v) is 5.19. The Morgan fingerprint density at radius 2 is 2.05 bits per heavy atom. The van der Waals surface area contributed by atoms with Gasteiger partial charge in [-0.3, -0.25) is 0 Å². The molecule has 0 aliphatic rings. The van der Waals surface area contributed by atoms with Crippen LogP contribution in [0.2, 0.25) is 5.02 Å². The van der Waals surface area contributed by atoms with E-state index in [9.17, 15) is 0 Å². The number of hydrogen-bond donors (Lipinski definition) is 1. The van der Waals surface area contributed by atoms with Crippen molar-refractivity contribution in [2.75, 3.05) is 6.61 Å². The van der Waals surface area contributed by atoms with Gasteiger partial charge in [-0.15, -0.1) is 6.42 Å². The van der Waals surface area contributed by atoms with Crippen molar-refractivity contribution in [2.24, 2.45) is 0 Å². The summed E-state index contributed by atoms with van der Waals surface area (Å²) in [6.45, 7) is 3.09. The Bertz CT molecular complexity index is 633.